The standard InChI is InChI=1S/C27H29BN2O9/c1-15(9-19-6-7-20(14-32)38-19)5-8-23-24-16(13-31)10-21-25(22(24)12-28(35)39-23)27(34)29(26(21)33)17-3-2-4-18(11-17)30(36)37/h2-4,6-7,9,11,21-23,25,31-32,35H,5,8,10,12-14H2,1H3/b15-9+/t21-,22+,23-,25-/m1/s1. The van der Waals surface area contributed by atoms with Crippen LogP contribution in [0.1, 0.15) is 37.7 Å². The van der Waals surface area contributed by atoms with Crippen LogP contribution in [0.25, 0.3) is 6.08 Å². The van der Waals surface area contributed by atoms with Crippen molar-refractivity contribution in [3.05, 3.63) is 74.8 Å². The minimum Gasteiger partial charge on any atom is -0.459 e. The normalized spacial score (nSPS) is 25.3. The summed E-state index contributed by atoms with van der Waals surface area (Å²) in [6.07, 6.45) is 2.60. The number of hydrogen-bond donors (Lipinski definition) is 3. The number of allylic oxidation sites excluding steroid dienone is 1. The van der Waals surface area contributed by atoms with Crippen LogP contribution in [-0.4, -0.2) is 51.8 Å². The first-order chi connectivity index (χ1) is 18.7. The Bertz CT molecular complexity index is 1370. The molecule has 1 aliphatic carbocycles. The molecule has 2 saturated heterocycles. The molecule has 3 aliphatic rings. The lowest BCUT2D eigenvalue weighted by atomic mass is 9.58. The molecular weight excluding hydrogens is 507 g/mol. The molecule has 4 atom stereocenters. The number of furan rings is 1. The number of carbonyl (C=O) groups is 2. The molecule has 39 heavy (non-hydrogen) atoms. The molecule has 2 fully saturated rings. The maximum absolute atomic E-state index is 13.7. The number of anilines is 1. The molecule has 12 heteroatoms. The van der Waals surface area contributed by atoms with Crippen molar-refractivity contribution in [2.75, 3.05) is 11.5 Å². The highest BCUT2D eigenvalue weighted by Gasteiger charge is 2.57. The van der Waals surface area contributed by atoms with E-state index in [0.717, 1.165) is 16.0 Å². The number of aliphatic hydroxyl groups is 2. The lowest BCUT2D eigenvalue weighted by Crippen LogP contribution is -2.46. The first kappa shape index (κ1) is 27.0. The van der Waals surface area contributed by atoms with Gasteiger partial charge in [-0.05, 0) is 73.8 Å². The number of aliphatic hydroxyl groups excluding tert-OH is 2. The average molecular weight is 536 g/mol. The Kier molecular flexibility index (Phi) is 7.54. The van der Waals surface area contributed by atoms with E-state index in [1.807, 2.05) is 13.0 Å². The van der Waals surface area contributed by atoms with Gasteiger partial charge in [-0.25, -0.2) is 4.90 Å². The topological polar surface area (TPSA) is 164 Å². The third kappa shape index (κ3) is 5.08. The van der Waals surface area contributed by atoms with E-state index < -0.39 is 47.7 Å². The molecule has 1 aromatic carbocycles. The van der Waals surface area contributed by atoms with Crippen LogP contribution in [0.5, 0.6) is 0 Å². The number of nitrogens with zero attached hydrogens (tertiary/aromatic N) is 2. The monoisotopic (exact) mass is 536 g/mol. The average Bonchev–Trinajstić information content (AvgIpc) is 3.47. The van der Waals surface area contributed by atoms with Gasteiger partial charge in [0.15, 0.2) is 0 Å². The van der Waals surface area contributed by atoms with Crippen LogP contribution >= 0.6 is 0 Å². The summed E-state index contributed by atoms with van der Waals surface area (Å²) in [6, 6.07) is 8.86. The minimum atomic E-state index is -1.15. The number of imide groups is 1. The molecular formula is C27H29BN2O9. The van der Waals surface area contributed by atoms with E-state index in [9.17, 15) is 34.9 Å². The van der Waals surface area contributed by atoms with E-state index in [-0.39, 0.29) is 37.3 Å². The summed E-state index contributed by atoms with van der Waals surface area (Å²) in [4.78, 5) is 38.8. The Balaban J connectivity index is 1.41. The number of carbonyl (C=O) groups excluding carboxylic acids is 2. The van der Waals surface area contributed by atoms with Crippen molar-refractivity contribution >= 4 is 36.4 Å². The second-order valence-corrected chi connectivity index (χ2v) is 10.3. The number of fused-ring (bicyclic) bond motifs is 3. The zero-order chi connectivity index (χ0) is 27.8. The zero-order valence-electron chi connectivity index (χ0n) is 21.4. The van der Waals surface area contributed by atoms with E-state index in [2.05, 4.69) is 0 Å². The molecule has 2 amide bonds. The highest BCUT2D eigenvalue weighted by molar-refractivity contribution is 6.43. The summed E-state index contributed by atoms with van der Waals surface area (Å²) in [5, 5.41) is 41.3. The van der Waals surface area contributed by atoms with Gasteiger partial charge in [-0.2, -0.15) is 0 Å². The van der Waals surface area contributed by atoms with Crippen LogP contribution < -0.4 is 4.90 Å². The molecule has 204 valence electrons. The molecule has 3 N–H and O–H groups in total. The Morgan fingerprint density at radius 3 is 2.67 bits per heavy atom. The summed E-state index contributed by atoms with van der Waals surface area (Å²) in [7, 11) is -1.15. The second-order valence-electron chi connectivity index (χ2n) is 10.3. The highest BCUT2D eigenvalue weighted by Crippen LogP contribution is 2.51. The summed E-state index contributed by atoms with van der Waals surface area (Å²) in [5.41, 5.74) is 2.25. The first-order valence-corrected chi connectivity index (χ1v) is 12.9. The molecule has 5 rings (SSSR count). The fourth-order valence-electron chi connectivity index (χ4n) is 6.14. The number of nitro groups is 1. The minimum absolute atomic E-state index is 0.101. The maximum atomic E-state index is 13.7. The maximum Gasteiger partial charge on any atom is 0.455 e. The van der Waals surface area contributed by atoms with Gasteiger partial charge in [-0.15, -0.1) is 0 Å². The fourth-order valence-corrected chi connectivity index (χ4v) is 6.14. The Morgan fingerprint density at radius 2 is 1.97 bits per heavy atom. The van der Waals surface area contributed by atoms with Crippen molar-refractivity contribution in [1.82, 2.24) is 0 Å². The number of rotatable bonds is 8. The number of nitro benzene ring substituents is 1. The van der Waals surface area contributed by atoms with E-state index in [0.29, 0.717) is 29.9 Å². The van der Waals surface area contributed by atoms with Crippen molar-refractivity contribution in [2.45, 2.75) is 45.2 Å². The SMILES string of the molecule is C/C(=C\c1ccc(CO)o1)CC[C@H]1OB(O)C[C@H]2C1=C(CO)C[C@H]1C(=O)N(c3cccc([N+](=O)[O-])c3)C(=O)[C@H]12. The van der Waals surface area contributed by atoms with E-state index in [4.69, 9.17) is 9.07 Å². The molecule has 1 aromatic heterocycles. The number of amides is 2. The molecule has 2 aliphatic heterocycles. The van der Waals surface area contributed by atoms with Gasteiger partial charge >= 0.3 is 7.12 Å². The third-order valence-electron chi connectivity index (χ3n) is 7.83. The quantitative estimate of drug-likeness (QED) is 0.151. The van der Waals surface area contributed by atoms with Gasteiger partial charge in [-0.3, -0.25) is 19.7 Å². The van der Waals surface area contributed by atoms with Crippen LogP contribution in [-0.2, 0) is 20.9 Å². The van der Waals surface area contributed by atoms with Crippen LogP contribution in [0.2, 0.25) is 6.32 Å². The molecule has 2 aromatic rings. The van der Waals surface area contributed by atoms with Crippen molar-refractivity contribution in [1.29, 1.82) is 0 Å². The number of non-ortho nitro benzene ring substituents is 1. The predicted molar refractivity (Wildman–Crippen MR) is 140 cm³/mol. The van der Waals surface area contributed by atoms with Gasteiger partial charge in [0.2, 0.25) is 11.8 Å². The number of benzene rings is 1. The summed E-state index contributed by atoms with van der Waals surface area (Å²) in [6.45, 7) is 1.42. The third-order valence-corrected chi connectivity index (χ3v) is 7.83. The summed E-state index contributed by atoms with van der Waals surface area (Å²) in [5.74, 6) is -1.88. The van der Waals surface area contributed by atoms with Crippen molar-refractivity contribution < 1.29 is 38.8 Å². The Labute approximate surface area is 224 Å². The lowest BCUT2D eigenvalue weighted by molar-refractivity contribution is -0.384. The molecule has 11 nitrogen and oxygen atoms in total. The summed E-state index contributed by atoms with van der Waals surface area (Å²) < 4.78 is 11.4. The lowest BCUT2D eigenvalue weighted by Gasteiger charge is -2.42. The van der Waals surface area contributed by atoms with Gasteiger partial charge in [0.1, 0.15) is 18.1 Å². The first-order valence-electron chi connectivity index (χ1n) is 12.9. The smallest absolute Gasteiger partial charge is 0.455 e. The molecule has 0 bridgehead atoms. The summed E-state index contributed by atoms with van der Waals surface area (Å²) >= 11 is 0. The van der Waals surface area contributed by atoms with Crippen molar-refractivity contribution in [3.8, 4) is 0 Å². The molecule has 0 radical (unpaired) electrons. The van der Waals surface area contributed by atoms with Crippen molar-refractivity contribution in [2.24, 2.45) is 17.8 Å². The van der Waals surface area contributed by atoms with Crippen molar-refractivity contribution in [3.63, 3.8) is 0 Å². The Morgan fingerprint density at radius 1 is 1.18 bits per heavy atom. The van der Waals surface area contributed by atoms with Crippen LogP contribution in [0.3, 0.4) is 0 Å². The van der Waals surface area contributed by atoms with Gasteiger partial charge in [0.05, 0.1) is 35.2 Å². The highest BCUT2D eigenvalue weighted by atomic mass is 16.6. The number of hydrogen-bond acceptors (Lipinski definition) is 9. The van der Waals surface area contributed by atoms with Gasteiger partial charge < -0.3 is 24.3 Å². The van der Waals surface area contributed by atoms with E-state index in [1.54, 1.807) is 12.1 Å². The van der Waals surface area contributed by atoms with Crippen LogP contribution in [0.4, 0.5) is 11.4 Å². The van der Waals surface area contributed by atoms with Crippen LogP contribution in [0, 0.1) is 27.9 Å². The van der Waals surface area contributed by atoms with Gasteiger partial charge in [-0.1, -0.05) is 11.6 Å². The van der Waals surface area contributed by atoms with E-state index in [1.165, 1.54) is 24.3 Å². The molecule has 0 unspecified atom stereocenters. The molecule has 0 saturated carbocycles. The van der Waals surface area contributed by atoms with Gasteiger partial charge in [0.25, 0.3) is 5.69 Å². The predicted octanol–water partition coefficient (Wildman–Crippen LogP) is 2.86. The molecule has 0 spiro atoms. The second kappa shape index (κ2) is 10.9. The molecule has 3 heterocycles. The zero-order valence-corrected chi connectivity index (χ0v) is 21.4. The van der Waals surface area contributed by atoms with Gasteiger partial charge in [0, 0.05) is 12.1 Å². The van der Waals surface area contributed by atoms with Crippen LogP contribution in [0.15, 0.2) is 57.5 Å². The largest absolute Gasteiger partial charge is 0.459 e. The Hall–Kier alpha value is -3.58. The van der Waals surface area contributed by atoms with E-state index >= 15 is 0 Å². The fraction of sp³-hybridized carbons (Fsp3) is 0.407.